The molecule has 0 radical (unpaired) electrons. The van der Waals surface area contributed by atoms with Gasteiger partial charge in [0.05, 0.1) is 11.5 Å². The summed E-state index contributed by atoms with van der Waals surface area (Å²) < 4.78 is 27.2. The molecule has 1 aliphatic rings. The predicted molar refractivity (Wildman–Crippen MR) is 82.6 cm³/mol. The molecule has 0 spiro atoms. The average molecular weight is 313 g/mol. The number of hydrogen-bond donors (Lipinski definition) is 2. The molecule has 21 heavy (non-hydrogen) atoms. The standard InChI is InChI=1S/C14H23N3O3S/c1-11-3-4-13(15)12(2)14(11)21(19,20)17-7-5-16(6-8-17)9-10-18/h3-4,18H,5-10,15H2,1-2H3. The minimum absolute atomic E-state index is 0.0974. The van der Waals surface area contributed by atoms with E-state index in [1.807, 2.05) is 0 Å². The molecule has 7 heteroatoms. The number of nitrogens with two attached hydrogens (primary N) is 1. The number of β-amino-alcohol motifs (C(OH)–C–C–N with tert-alkyl or cyclic N) is 1. The van der Waals surface area contributed by atoms with Crippen LogP contribution in [0.4, 0.5) is 5.69 Å². The SMILES string of the molecule is Cc1ccc(N)c(C)c1S(=O)(=O)N1CCN(CCO)CC1. The summed E-state index contributed by atoms with van der Waals surface area (Å²) >= 11 is 0. The van der Waals surface area contributed by atoms with Gasteiger partial charge in [-0.05, 0) is 31.0 Å². The molecule has 1 saturated heterocycles. The lowest BCUT2D eigenvalue weighted by atomic mass is 10.1. The summed E-state index contributed by atoms with van der Waals surface area (Å²) in [6.07, 6.45) is 0. The quantitative estimate of drug-likeness (QED) is 0.775. The summed E-state index contributed by atoms with van der Waals surface area (Å²) in [5, 5.41) is 8.94. The summed E-state index contributed by atoms with van der Waals surface area (Å²) in [7, 11) is -3.52. The van der Waals surface area contributed by atoms with E-state index in [9.17, 15) is 8.42 Å². The van der Waals surface area contributed by atoms with Crippen molar-refractivity contribution in [3.05, 3.63) is 23.3 Å². The second-order valence-electron chi connectivity index (χ2n) is 5.40. The molecule has 1 aliphatic heterocycles. The third-order valence-corrected chi connectivity index (χ3v) is 6.18. The van der Waals surface area contributed by atoms with E-state index in [4.69, 9.17) is 10.8 Å². The van der Waals surface area contributed by atoms with E-state index < -0.39 is 10.0 Å². The molecule has 1 aromatic rings. The van der Waals surface area contributed by atoms with Gasteiger partial charge in [-0.1, -0.05) is 6.07 Å². The fraction of sp³-hybridized carbons (Fsp3) is 0.571. The molecule has 6 nitrogen and oxygen atoms in total. The Balaban J connectivity index is 2.26. The number of rotatable bonds is 4. The predicted octanol–water partition coefficient (Wildman–Crippen LogP) is 0.184. The van der Waals surface area contributed by atoms with Crippen molar-refractivity contribution < 1.29 is 13.5 Å². The van der Waals surface area contributed by atoms with Crippen LogP contribution in [0.5, 0.6) is 0 Å². The zero-order valence-corrected chi connectivity index (χ0v) is 13.4. The van der Waals surface area contributed by atoms with E-state index in [1.165, 1.54) is 4.31 Å². The van der Waals surface area contributed by atoms with E-state index in [-0.39, 0.29) is 6.61 Å². The first-order chi connectivity index (χ1) is 9.87. The Morgan fingerprint density at radius 1 is 1.19 bits per heavy atom. The van der Waals surface area contributed by atoms with E-state index in [0.717, 1.165) is 5.56 Å². The second kappa shape index (κ2) is 6.31. The van der Waals surface area contributed by atoms with Gasteiger partial charge in [-0.2, -0.15) is 4.31 Å². The molecule has 0 aromatic heterocycles. The van der Waals surface area contributed by atoms with Crippen LogP contribution in [-0.2, 0) is 10.0 Å². The summed E-state index contributed by atoms with van der Waals surface area (Å²) in [4.78, 5) is 2.39. The third kappa shape index (κ3) is 3.21. The number of nitrogens with zero attached hydrogens (tertiary/aromatic N) is 2. The van der Waals surface area contributed by atoms with Crippen LogP contribution < -0.4 is 5.73 Å². The average Bonchev–Trinajstić information content (AvgIpc) is 2.44. The van der Waals surface area contributed by atoms with Crippen LogP contribution >= 0.6 is 0 Å². The fourth-order valence-corrected chi connectivity index (χ4v) is 4.59. The number of hydrogen-bond acceptors (Lipinski definition) is 5. The summed E-state index contributed by atoms with van der Waals surface area (Å²) in [6.45, 7) is 6.38. The Morgan fingerprint density at radius 3 is 2.38 bits per heavy atom. The fourth-order valence-electron chi connectivity index (χ4n) is 2.70. The molecule has 0 unspecified atom stereocenters. The molecule has 0 aliphatic carbocycles. The Morgan fingerprint density at radius 2 is 1.81 bits per heavy atom. The summed E-state index contributed by atoms with van der Waals surface area (Å²) in [6, 6.07) is 3.49. The van der Waals surface area contributed by atoms with Gasteiger partial charge in [0.15, 0.2) is 0 Å². The van der Waals surface area contributed by atoms with Gasteiger partial charge >= 0.3 is 0 Å². The highest BCUT2D eigenvalue weighted by Crippen LogP contribution is 2.28. The van der Waals surface area contributed by atoms with E-state index in [0.29, 0.717) is 48.9 Å². The van der Waals surface area contributed by atoms with E-state index >= 15 is 0 Å². The van der Waals surface area contributed by atoms with Gasteiger partial charge in [0, 0.05) is 38.4 Å². The summed E-state index contributed by atoms with van der Waals surface area (Å²) in [5.74, 6) is 0. The van der Waals surface area contributed by atoms with Crippen molar-refractivity contribution in [3.63, 3.8) is 0 Å². The van der Waals surface area contributed by atoms with Gasteiger partial charge in [0.1, 0.15) is 0 Å². The topological polar surface area (TPSA) is 86.9 Å². The number of piperazine rings is 1. The molecule has 0 atom stereocenters. The molecular weight excluding hydrogens is 290 g/mol. The van der Waals surface area contributed by atoms with Crippen molar-refractivity contribution in [2.45, 2.75) is 18.7 Å². The van der Waals surface area contributed by atoms with Crippen molar-refractivity contribution >= 4 is 15.7 Å². The largest absolute Gasteiger partial charge is 0.398 e. The van der Waals surface area contributed by atoms with Crippen molar-refractivity contribution in [1.82, 2.24) is 9.21 Å². The summed E-state index contributed by atoms with van der Waals surface area (Å²) in [5.41, 5.74) is 7.70. The van der Waals surface area contributed by atoms with Gasteiger partial charge in [0.25, 0.3) is 0 Å². The number of benzene rings is 1. The van der Waals surface area contributed by atoms with Crippen molar-refractivity contribution in [1.29, 1.82) is 0 Å². The smallest absolute Gasteiger partial charge is 0.243 e. The maximum atomic E-state index is 12.8. The van der Waals surface area contributed by atoms with Crippen LogP contribution in [0.1, 0.15) is 11.1 Å². The highest BCUT2D eigenvalue weighted by Gasteiger charge is 2.31. The number of anilines is 1. The first kappa shape index (κ1) is 16.2. The first-order valence-electron chi connectivity index (χ1n) is 7.07. The Kier molecular flexibility index (Phi) is 4.88. The number of aliphatic hydroxyl groups excluding tert-OH is 1. The lowest BCUT2D eigenvalue weighted by Gasteiger charge is -2.34. The first-order valence-corrected chi connectivity index (χ1v) is 8.51. The lowest BCUT2D eigenvalue weighted by molar-refractivity contribution is 0.151. The highest BCUT2D eigenvalue weighted by molar-refractivity contribution is 7.89. The van der Waals surface area contributed by atoms with E-state index in [2.05, 4.69) is 4.90 Å². The van der Waals surface area contributed by atoms with Gasteiger partial charge in [-0.3, -0.25) is 4.90 Å². The molecule has 0 bridgehead atoms. The van der Waals surface area contributed by atoms with Crippen LogP contribution in [0.15, 0.2) is 17.0 Å². The molecule has 0 saturated carbocycles. The normalized spacial score (nSPS) is 18.0. The molecule has 2 rings (SSSR count). The maximum absolute atomic E-state index is 12.8. The van der Waals surface area contributed by atoms with E-state index in [1.54, 1.807) is 26.0 Å². The zero-order chi connectivity index (χ0) is 15.6. The zero-order valence-electron chi connectivity index (χ0n) is 12.5. The van der Waals surface area contributed by atoms with Gasteiger partial charge < -0.3 is 10.8 Å². The highest BCUT2D eigenvalue weighted by atomic mass is 32.2. The van der Waals surface area contributed by atoms with Crippen LogP contribution in [0, 0.1) is 13.8 Å². The number of aliphatic hydroxyl groups is 1. The molecule has 118 valence electrons. The molecule has 3 N–H and O–H groups in total. The maximum Gasteiger partial charge on any atom is 0.243 e. The third-order valence-electron chi connectivity index (χ3n) is 3.99. The number of aryl methyl sites for hydroxylation is 1. The second-order valence-corrected chi connectivity index (χ2v) is 7.27. The van der Waals surface area contributed by atoms with Crippen LogP contribution in [0.25, 0.3) is 0 Å². The number of nitrogen functional groups attached to an aromatic ring is 1. The molecule has 0 amide bonds. The van der Waals surface area contributed by atoms with Crippen LogP contribution in [0.2, 0.25) is 0 Å². The molecule has 1 aromatic carbocycles. The molecular formula is C14H23N3O3S. The number of sulfonamides is 1. The van der Waals surface area contributed by atoms with Crippen molar-refractivity contribution in [2.24, 2.45) is 0 Å². The monoisotopic (exact) mass is 313 g/mol. The van der Waals surface area contributed by atoms with Crippen LogP contribution in [0.3, 0.4) is 0 Å². The molecule has 1 heterocycles. The van der Waals surface area contributed by atoms with Crippen LogP contribution in [-0.4, -0.2) is 62.1 Å². The van der Waals surface area contributed by atoms with Gasteiger partial charge in [0.2, 0.25) is 10.0 Å². The lowest BCUT2D eigenvalue weighted by Crippen LogP contribution is -2.49. The Labute approximate surface area is 126 Å². The van der Waals surface area contributed by atoms with Crippen molar-refractivity contribution in [3.8, 4) is 0 Å². The van der Waals surface area contributed by atoms with Gasteiger partial charge in [-0.15, -0.1) is 0 Å². The Bertz CT molecular complexity index is 608. The minimum atomic E-state index is -3.52. The van der Waals surface area contributed by atoms with Gasteiger partial charge in [-0.25, -0.2) is 8.42 Å². The molecule has 1 fully saturated rings. The Hall–Kier alpha value is -1.15. The minimum Gasteiger partial charge on any atom is -0.398 e. The van der Waals surface area contributed by atoms with Crippen molar-refractivity contribution in [2.75, 3.05) is 45.1 Å².